The molecule has 0 atom stereocenters. The summed E-state index contributed by atoms with van der Waals surface area (Å²) in [4.78, 5) is 12.7. The number of hydrogen-bond acceptors (Lipinski definition) is 2. The van der Waals surface area contributed by atoms with Crippen LogP contribution in [-0.4, -0.2) is 29.1 Å². The van der Waals surface area contributed by atoms with Crippen LogP contribution in [0.25, 0.3) is 0 Å². The zero-order valence-corrected chi connectivity index (χ0v) is 10.6. The molecule has 0 saturated heterocycles. The van der Waals surface area contributed by atoms with Gasteiger partial charge in [-0.1, -0.05) is 38.1 Å². The van der Waals surface area contributed by atoms with E-state index in [0.717, 1.165) is 19.5 Å². The molecule has 0 aliphatic rings. The van der Waals surface area contributed by atoms with Crippen molar-refractivity contribution < 1.29 is 9.90 Å². The smallest absolute Gasteiger partial charge is 0.304 e. The van der Waals surface area contributed by atoms with Crippen LogP contribution in [0.5, 0.6) is 0 Å². The molecule has 0 bridgehead atoms. The summed E-state index contributed by atoms with van der Waals surface area (Å²) >= 11 is 0. The summed E-state index contributed by atoms with van der Waals surface area (Å²) < 4.78 is 0. The van der Waals surface area contributed by atoms with Crippen molar-refractivity contribution in [2.75, 3.05) is 13.1 Å². The van der Waals surface area contributed by atoms with E-state index in [-0.39, 0.29) is 6.42 Å². The molecule has 17 heavy (non-hydrogen) atoms. The zero-order valence-electron chi connectivity index (χ0n) is 10.6. The maximum atomic E-state index is 10.6. The van der Waals surface area contributed by atoms with E-state index >= 15 is 0 Å². The summed E-state index contributed by atoms with van der Waals surface area (Å²) in [6, 6.07) is 8.36. The van der Waals surface area contributed by atoms with E-state index in [1.54, 1.807) is 0 Å². The summed E-state index contributed by atoms with van der Waals surface area (Å²) in [5.74, 6) is -0.729. The molecule has 1 aromatic rings. The predicted molar refractivity (Wildman–Crippen MR) is 69.0 cm³/mol. The summed E-state index contributed by atoms with van der Waals surface area (Å²) in [6.45, 7) is 6.55. The van der Waals surface area contributed by atoms with Gasteiger partial charge in [-0.3, -0.25) is 9.69 Å². The molecule has 0 aliphatic heterocycles. The second-order valence-corrected chi connectivity index (χ2v) is 4.13. The molecule has 0 heterocycles. The highest BCUT2D eigenvalue weighted by Crippen LogP contribution is 2.12. The Labute approximate surface area is 103 Å². The topological polar surface area (TPSA) is 40.5 Å². The molecule has 94 valence electrons. The molecule has 1 aromatic carbocycles. The Morgan fingerprint density at radius 2 is 1.88 bits per heavy atom. The van der Waals surface area contributed by atoms with Crippen molar-refractivity contribution in [3.05, 3.63) is 35.4 Å². The molecular formula is C14H21NO2. The van der Waals surface area contributed by atoms with Gasteiger partial charge in [-0.25, -0.2) is 0 Å². The largest absolute Gasteiger partial charge is 0.481 e. The first-order valence-corrected chi connectivity index (χ1v) is 6.18. The quantitative estimate of drug-likeness (QED) is 0.789. The van der Waals surface area contributed by atoms with Crippen LogP contribution in [-0.2, 0) is 17.8 Å². The highest BCUT2D eigenvalue weighted by Gasteiger charge is 2.08. The SMILES string of the molecule is CCc1ccccc1CN(CC)CCC(=O)O. The van der Waals surface area contributed by atoms with Crippen molar-refractivity contribution in [1.82, 2.24) is 4.90 Å². The van der Waals surface area contributed by atoms with Crippen molar-refractivity contribution >= 4 is 5.97 Å². The second-order valence-electron chi connectivity index (χ2n) is 4.13. The first kappa shape index (κ1) is 13.7. The number of hydrogen-bond donors (Lipinski definition) is 1. The summed E-state index contributed by atoms with van der Waals surface area (Å²) in [7, 11) is 0. The molecule has 0 unspecified atom stereocenters. The van der Waals surface area contributed by atoms with E-state index < -0.39 is 5.97 Å². The number of carbonyl (C=O) groups is 1. The fourth-order valence-corrected chi connectivity index (χ4v) is 1.90. The standard InChI is InChI=1S/C14H21NO2/c1-3-12-7-5-6-8-13(12)11-15(4-2)10-9-14(16)17/h5-8H,3-4,9-11H2,1-2H3,(H,16,17). The third kappa shape index (κ3) is 4.57. The van der Waals surface area contributed by atoms with Crippen LogP contribution in [0.15, 0.2) is 24.3 Å². The average molecular weight is 235 g/mol. The van der Waals surface area contributed by atoms with Gasteiger partial charge in [0.05, 0.1) is 6.42 Å². The van der Waals surface area contributed by atoms with Crippen molar-refractivity contribution in [3.63, 3.8) is 0 Å². The minimum absolute atomic E-state index is 0.210. The number of carboxylic acids is 1. The lowest BCUT2D eigenvalue weighted by atomic mass is 10.0. The minimum Gasteiger partial charge on any atom is -0.481 e. The fraction of sp³-hybridized carbons (Fsp3) is 0.500. The summed E-state index contributed by atoms with van der Waals surface area (Å²) in [5.41, 5.74) is 2.66. The highest BCUT2D eigenvalue weighted by molar-refractivity contribution is 5.66. The van der Waals surface area contributed by atoms with Crippen molar-refractivity contribution in [2.24, 2.45) is 0 Å². The van der Waals surface area contributed by atoms with E-state index in [9.17, 15) is 4.79 Å². The normalized spacial score (nSPS) is 10.8. The van der Waals surface area contributed by atoms with Crippen LogP contribution in [0.1, 0.15) is 31.4 Å². The Bertz CT molecular complexity index is 363. The van der Waals surface area contributed by atoms with Gasteiger partial charge in [0.1, 0.15) is 0 Å². The van der Waals surface area contributed by atoms with Crippen LogP contribution in [0, 0.1) is 0 Å². The average Bonchev–Trinajstić information content (AvgIpc) is 2.34. The third-order valence-corrected chi connectivity index (χ3v) is 2.98. The van der Waals surface area contributed by atoms with E-state index in [4.69, 9.17) is 5.11 Å². The van der Waals surface area contributed by atoms with Gasteiger partial charge in [-0.15, -0.1) is 0 Å². The van der Waals surface area contributed by atoms with Gasteiger partial charge < -0.3 is 5.11 Å². The molecule has 3 nitrogen and oxygen atoms in total. The Kier molecular flexibility index (Phi) is 5.70. The van der Waals surface area contributed by atoms with Crippen molar-refractivity contribution in [3.8, 4) is 0 Å². The van der Waals surface area contributed by atoms with Crippen molar-refractivity contribution in [1.29, 1.82) is 0 Å². The predicted octanol–water partition coefficient (Wildman–Crippen LogP) is 2.55. The molecule has 0 aliphatic carbocycles. The van der Waals surface area contributed by atoms with Gasteiger partial charge in [0.2, 0.25) is 0 Å². The van der Waals surface area contributed by atoms with Gasteiger partial charge in [-0.2, -0.15) is 0 Å². The van der Waals surface area contributed by atoms with Gasteiger partial charge in [0, 0.05) is 13.1 Å². The van der Waals surface area contributed by atoms with Crippen LogP contribution >= 0.6 is 0 Å². The van der Waals surface area contributed by atoms with Crippen LogP contribution < -0.4 is 0 Å². The van der Waals surface area contributed by atoms with E-state index in [2.05, 4.69) is 36.9 Å². The van der Waals surface area contributed by atoms with Crippen LogP contribution in [0.4, 0.5) is 0 Å². The maximum absolute atomic E-state index is 10.6. The second kappa shape index (κ2) is 7.07. The zero-order chi connectivity index (χ0) is 12.7. The van der Waals surface area contributed by atoms with Gasteiger partial charge in [0.15, 0.2) is 0 Å². The highest BCUT2D eigenvalue weighted by atomic mass is 16.4. The fourth-order valence-electron chi connectivity index (χ4n) is 1.90. The molecule has 0 aromatic heterocycles. The van der Waals surface area contributed by atoms with Crippen molar-refractivity contribution in [2.45, 2.75) is 33.2 Å². The Morgan fingerprint density at radius 1 is 1.24 bits per heavy atom. The number of nitrogens with zero attached hydrogens (tertiary/aromatic N) is 1. The molecule has 0 fully saturated rings. The molecular weight excluding hydrogens is 214 g/mol. The van der Waals surface area contributed by atoms with E-state index in [0.29, 0.717) is 6.54 Å². The summed E-state index contributed by atoms with van der Waals surface area (Å²) in [6.07, 6.45) is 1.23. The minimum atomic E-state index is -0.729. The monoisotopic (exact) mass is 235 g/mol. The third-order valence-electron chi connectivity index (χ3n) is 2.98. The molecule has 0 spiro atoms. The molecule has 0 saturated carbocycles. The maximum Gasteiger partial charge on any atom is 0.304 e. The Hall–Kier alpha value is -1.35. The number of aliphatic carboxylic acids is 1. The number of aryl methyl sites for hydroxylation is 1. The van der Waals surface area contributed by atoms with Gasteiger partial charge in [0.25, 0.3) is 0 Å². The lowest BCUT2D eigenvalue weighted by Gasteiger charge is -2.21. The molecule has 1 N–H and O–H groups in total. The lowest BCUT2D eigenvalue weighted by Crippen LogP contribution is -2.26. The molecule has 0 radical (unpaired) electrons. The molecule has 1 rings (SSSR count). The summed E-state index contributed by atoms with van der Waals surface area (Å²) in [5, 5.41) is 8.70. The molecule has 0 amide bonds. The molecule has 3 heteroatoms. The van der Waals surface area contributed by atoms with Gasteiger partial charge >= 0.3 is 5.97 Å². The number of rotatable bonds is 7. The lowest BCUT2D eigenvalue weighted by molar-refractivity contribution is -0.137. The first-order valence-electron chi connectivity index (χ1n) is 6.18. The van der Waals surface area contributed by atoms with E-state index in [1.807, 2.05) is 6.07 Å². The van der Waals surface area contributed by atoms with E-state index in [1.165, 1.54) is 11.1 Å². The Morgan fingerprint density at radius 3 is 2.41 bits per heavy atom. The van der Waals surface area contributed by atoms with Crippen LogP contribution in [0.2, 0.25) is 0 Å². The number of carboxylic acid groups (broad SMARTS) is 1. The first-order chi connectivity index (χ1) is 8.17. The Balaban J connectivity index is 2.63. The van der Waals surface area contributed by atoms with Gasteiger partial charge in [-0.05, 0) is 24.1 Å². The van der Waals surface area contributed by atoms with Crippen LogP contribution in [0.3, 0.4) is 0 Å². The number of benzene rings is 1.